The molecule has 0 saturated heterocycles. The lowest BCUT2D eigenvalue weighted by molar-refractivity contribution is -0.387. The minimum atomic E-state index is -1.30. The van der Waals surface area contributed by atoms with E-state index in [4.69, 9.17) is 11.6 Å². The van der Waals surface area contributed by atoms with Crippen LogP contribution in [0.2, 0.25) is 5.02 Å². The molecule has 0 aromatic heterocycles. The van der Waals surface area contributed by atoms with Crippen LogP contribution in [0.4, 0.5) is 20.2 Å². The van der Waals surface area contributed by atoms with Crippen molar-refractivity contribution in [3.63, 3.8) is 0 Å². The standard InChI is InChI=1S/C13H7ClF2N2O3/c14-8-3-1-2-4-11(8)17-13(19)7-5-10(16)12(18(20)21)6-9(7)15/h1-6H,(H,17,19). The molecule has 2 aromatic carbocycles. The molecular formula is C13H7ClF2N2O3. The Balaban J connectivity index is 2.34. The van der Waals surface area contributed by atoms with Crippen LogP contribution in [0.15, 0.2) is 36.4 Å². The highest BCUT2D eigenvalue weighted by atomic mass is 35.5. The van der Waals surface area contributed by atoms with Crippen LogP contribution in [0, 0.1) is 21.7 Å². The van der Waals surface area contributed by atoms with E-state index in [1.807, 2.05) is 0 Å². The molecule has 0 heterocycles. The van der Waals surface area contributed by atoms with Gasteiger partial charge in [-0.15, -0.1) is 0 Å². The van der Waals surface area contributed by atoms with E-state index in [1.165, 1.54) is 12.1 Å². The van der Waals surface area contributed by atoms with Crippen molar-refractivity contribution < 1.29 is 18.5 Å². The number of hydrogen-bond acceptors (Lipinski definition) is 3. The quantitative estimate of drug-likeness (QED) is 0.692. The third-order valence-electron chi connectivity index (χ3n) is 2.60. The highest BCUT2D eigenvalue weighted by molar-refractivity contribution is 6.33. The van der Waals surface area contributed by atoms with Gasteiger partial charge in [-0.1, -0.05) is 23.7 Å². The van der Waals surface area contributed by atoms with Gasteiger partial charge in [-0.05, 0) is 18.2 Å². The summed E-state index contributed by atoms with van der Waals surface area (Å²) in [6, 6.07) is 7.03. The van der Waals surface area contributed by atoms with E-state index in [0.29, 0.717) is 12.1 Å². The Kier molecular flexibility index (Phi) is 4.13. The van der Waals surface area contributed by atoms with Crippen molar-refractivity contribution in [2.45, 2.75) is 0 Å². The van der Waals surface area contributed by atoms with E-state index >= 15 is 0 Å². The Morgan fingerprint density at radius 2 is 1.86 bits per heavy atom. The average molecular weight is 313 g/mol. The Morgan fingerprint density at radius 1 is 1.19 bits per heavy atom. The van der Waals surface area contributed by atoms with E-state index < -0.39 is 33.7 Å². The molecule has 0 fully saturated rings. The smallest absolute Gasteiger partial charge is 0.307 e. The van der Waals surface area contributed by atoms with Crippen LogP contribution < -0.4 is 5.32 Å². The number of nitro groups is 1. The lowest BCUT2D eigenvalue weighted by atomic mass is 10.1. The number of hydrogen-bond donors (Lipinski definition) is 1. The van der Waals surface area contributed by atoms with E-state index in [-0.39, 0.29) is 10.7 Å². The molecule has 2 aromatic rings. The molecule has 1 amide bonds. The van der Waals surface area contributed by atoms with Crippen LogP contribution >= 0.6 is 11.6 Å². The SMILES string of the molecule is O=C(Nc1ccccc1Cl)c1cc(F)c([N+](=O)[O-])cc1F. The van der Waals surface area contributed by atoms with Gasteiger partial charge < -0.3 is 5.32 Å². The van der Waals surface area contributed by atoms with Crippen LogP contribution in [0.3, 0.4) is 0 Å². The molecule has 2 rings (SSSR count). The van der Waals surface area contributed by atoms with Gasteiger partial charge in [-0.3, -0.25) is 14.9 Å². The second-order valence-corrected chi connectivity index (χ2v) is 4.38. The average Bonchev–Trinajstić information content (AvgIpc) is 2.43. The van der Waals surface area contributed by atoms with Crippen LogP contribution in [0.5, 0.6) is 0 Å². The number of nitrogens with one attached hydrogen (secondary N) is 1. The fourth-order valence-corrected chi connectivity index (χ4v) is 1.79. The minimum absolute atomic E-state index is 0.210. The number of carbonyl (C=O) groups is 1. The van der Waals surface area contributed by atoms with Gasteiger partial charge >= 0.3 is 5.69 Å². The zero-order chi connectivity index (χ0) is 15.6. The third-order valence-corrected chi connectivity index (χ3v) is 2.93. The maximum absolute atomic E-state index is 13.7. The van der Waals surface area contributed by atoms with Crippen molar-refractivity contribution in [2.75, 3.05) is 5.32 Å². The number of para-hydroxylation sites is 1. The van der Waals surface area contributed by atoms with Gasteiger partial charge in [-0.2, -0.15) is 4.39 Å². The highest BCUT2D eigenvalue weighted by Crippen LogP contribution is 2.24. The maximum atomic E-state index is 13.7. The molecule has 0 aliphatic heterocycles. The Hall–Kier alpha value is -2.54. The van der Waals surface area contributed by atoms with E-state index in [9.17, 15) is 23.7 Å². The summed E-state index contributed by atoms with van der Waals surface area (Å²) in [7, 11) is 0. The maximum Gasteiger partial charge on any atom is 0.307 e. The van der Waals surface area contributed by atoms with Gasteiger partial charge in [0, 0.05) is 0 Å². The lowest BCUT2D eigenvalue weighted by Crippen LogP contribution is -2.15. The first kappa shape index (κ1) is 14.9. The van der Waals surface area contributed by atoms with Gasteiger partial charge in [-0.25, -0.2) is 4.39 Å². The van der Waals surface area contributed by atoms with Gasteiger partial charge in [0.15, 0.2) is 0 Å². The molecule has 5 nitrogen and oxygen atoms in total. The highest BCUT2D eigenvalue weighted by Gasteiger charge is 2.22. The van der Waals surface area contributed by atoms with Crippen LogP contribution in [0.1, 0.15) is 10.4 Å². The van der Waals surface area contributed by atoms with Crippen molar-refractivity contribution >= 4 is 28.9 Å². The summed E-state index contributed by atoms with van der Waals surface area (Å²) in [6.45, 7) is 0. The molecule has 0 aliphatic carbocycles. The summed E-state index contributed by atoms with van der Waals surface area (Å²) in [5, 5.41) is 13.0. The summed E-state index contributed by atoms with van der Waals surface area (Å²) in [5.74, 6) is -3.47. The zero-order valence-electron chi connectivity index (χ0n) is 10.3. The normalized spacial score (nSPS) is 10.2. The molecule has 0 atom stereocenters. The first-order chi connectivity index (χ1) is 9.90. The summed E-state index contributed by atoms with van der Waals surface area (Å²) in [5.41, 5.74) is -1.48. The molecular weight excluding hydrogens is 306 g/mol. The van der Waals surface area contributed by atoms with Gasteiger partial charge in [0.05, 0.1) is 27.3 Å². The topological polar surface area (TPSA) is 72.2 Å². The molecule has 0 saturated carbocycles. The van der Waals surface area contributed by atoms with Crippen molar-refractivity contribution in [3.8, 4) is 0 Å². The Labute approximate surface area is 122 Å². The van der Waals surface area contributed by atoms with E-state index in [2.05, 4.69) is 5.32 Å². The second kappa shape index (κ2) is 5.84. The number of nitrogens with zero attached hydrogens (tertiary/aromatic N) is 1. The number of rotatable bonds is 3. The van der Waals surface area contributed by atoms with Crippen molar-refractivity contribution in [1.29, 1.82) is 0 Å². The number of anilines is 1. The minimum Gasteiger partial charge on any atom is -0.321 e. The van der Waals surface area contributed by atoms with Gasteiger partial charge in [0.25, 0.3) is 5.91 Å². The molecule has 0 aliphatic rings. The first-order valence-corrected chi connectivity index (χ1v) is 5.97. The van der Waals surface area contributed by atoms with Crippen molar-refractivity contribution in [3.05, 3.63) is 68.7 Å². The third kappa shape index (κ3) is 3.14. The van der Waals surface area contributed by atoms with Crippen LogP contribution in [0.25, 0.3) is 0 Å². The molecule has 1 N–H and O–H groups in total. The molecule has 21 heavy (non-hydrogen) atoms. The largest absolute Gasteiger partial charge is 0.321 e. The summed E-state index contributed by atoms with van der Waals surface area (Å²) < 4.78 is 27.1. The number of carbonyl (C=O) groups excluding carboxylic acids is 1. The van der Waals surface area contributed by atoms with Gasteiger partial charge in [0.1, 0.15) is 5.82 Å². The molecule has 0 spiro atoms. The monoisotopic (exact) mass is 312 g/mol. The van der Waals surface area contributed by atoms with Crippen LogP contribution in [-0.2, 0) is 0 Å². The molecule has 0 bridgehead atoms. The predicted molar refractivity (Wildman–Crippen MR) is 72.4 cm³/mol. The number of nitro benzene ring substituents is 1. The molecule has 0 radical (unpaired) electrons. The molecule has 8 heteroatoms. The summed E-state index contributed by atoms with van der Waals surface area (Å²) >= 11 is 5.82. The molecule has 108 valence electrons. The number of amides is 1. The lowest BCUT2D eigenvalue weighted by Gasteiger charge is -2.08. The second-order valence-electron chi connectivity index (χ2n) is 3.97. The summed E-state index contributed by atoms with van der Waals surface area (Å²) in [4.78, 5) is 21.3. The number of benzene rings is 2. The van der Waals surface area contributed by atoms with Crippen LogP contribution in [-0.4, -0.2) is 10.8 Å². The fourth-order valence-electron chi connectivity index (χ4n) is 1.60. The zero-order valence-corrected chi connectivity index (χ0v) is 11.0. The number of halogens is 3. The summed E-state index contributed by atoms with van der Waals surface area (Å²) in [6.07, 6.45) is 0. The predicted octanol–water partition coefficient (Wildman–Crippen LogP) is 3.78. The van der Waals surface area contributed by atoms with Crippen molar-refractivity contribution in [1.82, 2.24) is 0 Å². The first-order valence-electron chi connectivity index (χ1n) is 5.59. The fraction of sp³-hybridized carbons (Fsp3) is 0. The Morgan fingerprint density at radius 3 is 2.48 bits per heavy atom. The Bertz CT molecular complexity index is 737. The van der Waals surface area contributed by atoms with E-state index in [0.717, 1.165) is 0 Å². The van der Waals surface area contributed by atoms with Crippen molar-refractivity contribution in [2.24, 2.45) is 0 Å². The molecule has 0 unspecified atom stereocenters. The van der Waals surface area contributed by atoms with E-state index in [1.54, 1.807) is 12.1 Å². The van der Waals surface area contributed by atoms with Gasteiger partial charge in [0.2, 0.25) is 5.82 Å².